The number of carbonyl (C=O) groups excluding carboxylic acids is 1. The lowest BCUT2D eigenvalue weighted by Gasteiger charge is -2.09. The van der Waals surface area contributed by atoms with Crippen molar-refractivity contribution in [1.29, 1.82) is 0 Å². The maximum absolute atomic E-state index is 11.1. The fourth-order valence-corrected chi connectivity index (χ4v) is 1.89. The van der Waals surface area contributed by atoms with E-state index in [1.807, 2.05) is 4.72 Å². The monoisotopic (exact) mass is 223 g/mol. The summed E-state index contributed by atoms with van der Waals surface area (Å²) in [5, 5.41) is 8.91. The summed E-state index contributed by atoms with van der Waals surface area (Å²) in [7, 11) is -3.61. The lowest BCUT2D eigenvalue weighted by atomic mass is 10.3. The van der Waals surface area contributed by atoms with Crippen LogP contribution in [-0.2, 0) is 15.0 Å². The van der Waals surface area contributed by atoms with Crippen LogP contribution < -0.4 is 15.2 Å². The van der Waals surface area contributed by atoms with Crippen LogP contribution in [0.3, 0.4) is 0 Å². The molecule has 0 radical (unpaired) electrons. The third kappa shape index (κ3) is 4.01. The van der Waals surface area contributed by atoms with Gasteiger partial charge in [0, 0.05) is 12.6 Å². The minimum absolute atomic E-state index is 0.0155. The van der Waals surface area contributed by atoms with Crippen molar-refractivity contribution in [3.05, 3.63) is 0 Å². The Kier molecular flexibility index (Phi) is 3.43. The molecule has 0 aromatic heterocycles. The number of primary amides is 1. The summed E-state index contributed by atoms with van der Waals surface area (Å²) in [4.78, 5) is 10.4. The topological polar surface area (TPSA) is 122 Å². The number of carbonyl (C=O) groups is 1. The third-order valence-electron chi connectivity index (χ3n) is 1.69. The Bertz CT molecular complexity index is 311. The first kappa shape index (κ1) is 11.4. The Morgan fingerprint density at radius 2 is 2.14 bits per heavy atom. The van der Waals surface area contributed by atoms with E-state index in [-0.39, 0.29) is 6.04 Å². The van der Waals surface area contributed by atoms with Gasteiger partial charge in [0.2, 0.25) is 5.91 Å². The number of rotatable bonds is 6. The van der Waals surface area contributed by atoms with Crippen LogP contribution in [0.5, 0.6) is 0 Å². The molecule has 5 N–H and O–H groups in total. The molecule has 1 unspecified atom stereocenters. The highest BCUT2D eigenvalue weighted by Gasteiger charge is 2.27. The molecular formula is C6H13N3O4S. The minimum atomic E-state index is -3.61. The summed E-state index contributed by atoms with van der Waals surface area (Å²) < 4.78 is 26.6. The van der Waals surface area contributed by atoms with E-state index < -0.39 is 28.8 Å². The SMILES string of the molecule is NC(=O)C(O)CNS(=O)(=O)NC1CC1. The molecule has 1 atom stereocenters. The van der Waals surface area contributed by atoms with E-state index in [4.69, 9.17) is 10.8 Å². The van der Waals surface area contributed by atoms with Crippen LogP contribution in [0.25, 0.3) is 0 Å². The van der Waals surface area contributed by atoms with Crippen LogP contribution >= 0.6 is 0 Å². The third-order valence-corrected chi connectivity index (χ3v) is 2.88. The van der Waals surface area contributed by atoms with Gasteiger partial charge in [-0.15, -0.1) is 0 Å². The highest BCUT2D eigenvalue weighted by atomic mass is 32.2. The zero-order valence-electron chi connectivity index (χ0n) is 7.43. The lowest BCUT2D eigenvalue weighted by molar-refractivity contribution is -0.125. The normalized spacial score (nSPS) is 19.2. The van der Waals surface area contributed by atoms with Crippen LogP contribution in [0.4, 0.5) is 0 Å². The molecule has 1 rings (SSSR count). The van der Waals surface area contributed by atoms with Crippen molar-refractivity contribution in [2.45, 2.75) is 25.0 Å². The smallest absolute Gasteiger partial charge is 0.277 e. The van der Waals surface area contributed by atoms with Crippen molar-refractivity contribution < 1.29 is 18.3 Å². The van der Waals surface area contributed by atoms with Crippen molar-refractivity contribution in [3.63, 3.8) is 0 Å². The van der Waals surface area contributed by atoms with Gasteiger partial charge in [0.1, 0.15) is 6.10 Å². The fourth-order valence-electron chi connectivity index (χ4n) is 0.752. The largest absolute Gasteiger partial charge is 0.382 e. The number of nitrogens with one attached hydrogen (secondary N) is 2. The summed E-state index contributed by atoms with van der Waals surface area (Å²) in [6, 6.07) is -0.0155. The second-order valence-electron chi connectivity index (χ2n) is 3.16. The molecule has 0 bridgehead atoms. The van der Waals surface area contributed by atoms with E-state index in [0.717, 1.165) is 12.8 Å². The number of aliphatic hydroxyl groups excluding tert-OH is 1. The molecule has 7 nitrogen and oxygen atoms in total. The van der Waals surface area contributed by atoms with Crippen molar-refractivity contribution in [1.82, 2.24) is 9.44 Å². The van der Waals surface area contributed by atoms with E-state index in [1.54, 1.807) is 0 Å². The van der Waals surface area contributed by atoms with Crippen molar-refractivity contribution >= 4 is 16.1 Å². The average Bonchev–Trinajstić information content (AvgIpc) is 2.83. The highest BCUT2D eigenvalue weighted by Crippen LogP contribution is 2.19. The second kappa shape index (κ2) is 4.22. The summed E-state index contributed by atoms with van der Waals surface area (Å²) >= 11 is 0. The van der Waals surface area contributed by atoms with Gasteiger partial charge in [0.05, 0.1) is 0 Å². The maximum atomic E-state index is 11.1. The van der Waals surface area contributed by atoms with Crippen LogP contribution in [-0.4, -0.2) is 38.1 Å². The first-order valence-corrected chi connectivity index (χ1v) is 5.63. The van der Waals surface area contributed by atoms with Gasteiger partial charge in [-0.1, -0.05) is 0 Å². The minimum Gasteiger partial charge on any atom is -0.382 e. The first-order chi connectivity index (χ1) is 6.41. The number of amides is 1. The van der Waals surface area contributed by atoms with E-state index >= 15 is 0 Å². The van der Waals surface area contributed by atoms with Crippen LogP contribution in [0, 0.1) is 0 Å². The molecule has 0 heterocycles. The highest BCUT2D eigenvalue weighted by molar-refractivity contribution is 7.87. The summed E-state index contributed by atoms with van der Waals surface area (Å²) in [5.41, 5.74) is 4.73. The first-order valence-electron chi connectivity index (χ1n) is 4.15. The average molecular weight is 223 g/mol. The molecule has 1 saturated carbocycles. The number of hydrogen-bond donors (Lipinski definition) is 4. The molecule has 8 heteroatoms. The Morgan fingerprint density at radius 1 is 1.57 bits per heavy atom. The molecule has 82 valence electrons. The summed E-state index contributed by atoms with van der Waals surface area (Å²) in [6.07, 6.45) is 0.143. The van der Waals surface area contributed by atoms with E-state index in [9.17, 15) is 13.2 Å². The van der Waals surface area contributed by atoms with E-state index in [2.05, 4.69) is 4.72 Å². The zero-order chi connectivity index (χ0) is 10.8. The molecule has 1 aliphatic carbocycles. The molecule has 0 spiro atoms. The van der Waals surface area contributed by atoms with Gasteiger partial charge in [-0.05, 0) is 12.8 Å². The van der Waals surface area contributed by atoms with Crippen molar-refractivity contribution in [2.75, 3.05) is 6.54 Å². The molecule has 14 heavy (non-hydrogen) atoms. The van der Waals surface area contributed by atoms with E-state index in [1.165, 1.54) is 0 Å². The molecule has 0 aromatic carbocycles. The molecule has 0 saturated heterocycles. The molecule has 1 aliphatic rings. The fraction of sp³-hybridized carbons (Fsp3) is 0.833. The maximum Gasteiger partial charge on any atom is 0.277 e. The van der Waals surface area contributed by atoms with Gasteiger partial charge in [-0.2, -0.15) is 17.9 Å². The molecule has 0 aliphatic heterocycles. The lowest BCUT2D eigenvalue weighted by Crippen LogP contribution is -2.44. The van der Waals surface area contributed by atoms with Gasteiger partial charge >= 0.3 is 0 Å². The van der Waals surface area contributed by atoms with Crippen LogP contribution in [0.2, 0.25) is 0 Å². The number of nitrogens with two attached hydrogens (primary N) is 1. The number of aliphatic hydroxyl groups is 1. The molecule has 1 amide bonds. The molecule has 1 fully saturated rings. The summed E-state index contributed by atoms with van der Waals surface area (Å²) in [5.74, 6) is -0.959. The quantitative estimate of drug-likeness (QED) is 0.395. The predicted octanol–water partition coefficient (Wildman–Crippen LogP) is -2.58. The Morgan fingerprint density at radius 3 is 2.57 bits per heavy atom. The van der Waals surface area contributed by atoms with Gasteiger partial charge in [-0.3, -0.25) is 4.79 Å². The molecular weight excluding hydrogens is 210 g/mol. The predicted molar refractivity (Wildman–Crippen MR) is 48.3 cm³/mol. The number of hydrogen-bond acceptors (Lipinski definition) is 4. The van der Waals surface area contributed by atoms with Crippen LogP contribution in [0.1, 0.15) is 12.8 Å². The second-order valence-corrected chi connectivity index (χ2v) is 4.69. The van der Waals surface area contributed by atoms with Crippen molar-refractivity contribution in [2.24, 2.45) is 5.73 Å². The van der Waals surface area contributed by atoms with E-state index in [0.29, 0.717) is 0 Å². The standard InChI is InChI=1S/C6H13N3O4S/c7-6(11)5(10)3-8-14(12,13)9-4-1-2-4/h4-5,8-10H,1-3H2,(H2,7,11). The van der Waals surface area contributed by atoms with Crippen LogP contribution in [0.15, 0.2) is 0 Å². The molecule has 0 aromatic rings. The zero-order valence-corrected chi connectivity index (χ0v) is 8.25. The van der Waals surface area contributed by atoms with Gasteiger partial charge in [-0.25, -0.2) is 0 Å². The Labute approximate surface area is 81.8 Å². The Hall–Kier alpha value is -0.700. The van der Waals surface area contributed by atoms with Gasteiger partial charge in [0.15, 0.2) is 0 Å². The summed E-state index contributed by atoms with van der Waals surface area (Å²) in [6.45, 7) is -0.405. The van der Waals surface area contributed by atoms with Gasteiger partial charge < -0.3 is 10.8 Å². The van der Waals surface area contributed by atoms with Gasteiger partial charge in [0.25, 0.3) is 10.2 Å². The Balaban J connectivity index is 2.31. The van der Waals surface area contributed by atoms with Crippen molar-refractivity contribution in [3.8, 4) is 0 Å².